The number of esters is 3. The Bertz CT molecular complexity index is 2020. The van der Waals surface area contributed by atoms with Crippen LogP contribution in [0.3, 0.4) is 0 Å². The normalized spacial score (nSPS) is 35.6. The van der Waals surface area contributed by atoms with E-state index in [0.29, 0.717) is 32.4 Å². The number of carbonyl (C=O) groups is 4. The lowest BCUT2D eigenvalue weighted by molar-refractivity contribution is -0.344. The highest BCUT2D eigenvalue weighted by molar-refractivity contribution is 5.84. The minimum atomic E-state index is -1.50. The molecule has 5 rings (SSSR count). The Morgan fingerprint density at radius 3 is 2.29 bits per heavy atom. The summed E-state index contributed by atoms with van der Waals surface area (Å²) in [5, 5.41) is 37.6. The van der Waals surface area contributed by atoms with Gasteiger partial charge in [-0.05, 0) is 102 Å². The van der Waals surface area contributed by atoms with Gasteiger partial charge in [0.2, 0.25) is 0 Å². The molecule has 0 bridgehead atoms. The van der Waals surface area contributed by atoms with Gasteiger partial charge in [0.25, 0.3) is 0 Å². The quantitative estimate of drug-likeness (QED) is 0.119. The summed E-state index contributed by atoms with van der Waals surface area (Å²) in [7, 11) is 6.84. The number of cyclic esters (lactones) is 1. The number of rotatable bonds is 15. The van der Waals surface area contributed by atoms with Crippen LogP contribution in [0.25, 0.3) is 16.8 Å². The zero-order chi connectivity index (χ0) is 51.3. The third-order valence-corrected chi connectivity index (χ3v) is 13.9. The van der Waals surface area contributed by atoms with E-state index < -0.39 is 116 Å². The second kappa shape index (κ2) is 26.7. The summed E-state index contributed by atoms with van der Waals surface area (Å²) in [5.41, 5.74) is -0.502. The van der Waals surface area contributed by atoms with Crippen molar-refractivity contribution >= 4 is 41.0 Å². The Morgan fingerprint density at radius 1 is 0.929 bits per heavy atom. The number of methoxy groups -OCH3 is 1. The van der Waals surface area contributed by atoms with Crippen molar-refractivity contribution < 1.29 is 72.4 Å². The van der Waals surface area contributed by atoms with Crippen LogP contribution in [-0.2, 0) is 57.1 Å². The highest BCUT2D eigenvalue weighted by Gasteiger charge is 2.53. The monoisotopic (exact) mass is 985 g/mol. The van der Waals surface area contributed by atoms with Crippen LogP contribution >= 0.6 is 0 Å². The maximum Gasteiger partial charge on any atom is 0.309 e. The molecule has 17 heteroatoms. The van der Waals surface area contributed by atoms with Crippen molar-refractivity contribution in [2.45, 2.75) is 185 Å². The molecule has 70 heavy (non-hydrogen) atoms. The van der Waals surface area contributed by atoms with Crippen LogP contribution in [-0.4, -0.2) is 176 Å². The van der Waals surface area contributed by atoms with Crippen molar-refractivity contribution in [2.75, 3.05) is 41.3 Å². The van der Waals surface area contributed by atoms with Crippen LogP contribution in [0.5, 0.6) is 0 Å². The van der Waals surface area contributed by atoms with Crippen LogP contribution < -0.4 is 0 Å². The van der Waals surface area contributed by atoms with Crippen molar-refractivity contribution in [3.05, 3.63) is 54.1 Å². The Morgan fingerprint density at radius 2 is 1.63 bits per heavy atom. The zero-order valence-electron chi connectivity index (χ0n) is 42.8. The Balaban J connectivity index is 1.44. The fourth-order valence-corrected chi connectivity index (χ4v) is 10.1. The highest BCUT2D eigenvalue weighted by atomic mass is 16.7. The van der Waals surface area contributed by atoms with E-state index >= 15 is 0 Å². The van der Waals surface area contributed by atoms with Crippen molar-refractivity contribution in [1.29, 1.82) is 0 Å². The van der Waals surface area contributed by atoms with Crippen LogP contribution in [0.4, 0.5) is 0 Å². The molecule has 3 aliphatic rings. The van der Waals surface area contributed by atoms with Crippen LogP contribution in [0.2, 0.25) is 0 Å². The summed E-state index contributed by atoms with van der Waals surface area (Å²) in [4.78, 5) is 56.0. The van der Waals surface area contributed by atoms with E-state index in [4.69, 9.17) is 37.9 Å². The van der Waals surface area contributed by atoms with Crippen LogP contribution in [0.15, 0.2) is 48.5 Å². The molecule has 0 aromatic heterocycles. The first kappa shape index (κ1) is 57.0. The molecule has 3 fully saturated rings. The lowest BCUT2D eigenvalue weighted by Gasteiger charge is -2.50. The summed E-state index contributed by atoms with van der Waals surface area (Å²) >= 11 is 0. The average Bonchev–Trinajstić information content (AvgIpc) is 3.30. The standard InChI is InChI=1S/C53H80N2O15/c1-11-42(58)67-41-29-44(60)66-39(20-15-17-35-22-23-36-18-13-14-19-37(36)28-35)21-16-25-55(9)31-40(57)32(3)27-38(24-26-56)49(50(41)63-10)70-52-47(61)46(54(7)8)48(33(4)65-52)69-45-30-53(6,62)51(34(5)64-45)68-43(59)12-2/h13-15,17-19,22-23,26,28,32-34,38-41,45-52,57,61-62H,11-12,16,20-21,24-25,27,29-31H2,1-10H3/b17-15+/t32-,33-,34+,38+,39+,40+,41-,45+,46-,47-,48-,49+,50+,51+,52+,53-/m1/s1. The molecule has 392 valence electrons. The molecule has 2 aromatic carbocycles. The van der Waals surface area contributed by atoms with Gasteiger partial charge in [0.15, 0.2) is 18.7 Å². The first-order valence-corrected chi connectivity index (χ1v) is 25.0. The minimum absolute atomic E-state index is 0.0124. The van der Waals surface area contributed by atoms with E-state index in [1.54, 1.807) is 53.6 Å². The molecular formula is C53H80N2O15. The SMILES string of the molecule is CCC(=O)O[C@@H]1CC(=O)O[C@@H](C/C=C/c2ccc3ccccc3c2)CCCN(C)C[C@H](O)[C@H](C)C[C@H](CC=O)[C@H](O[C@@H]2O[C@H](C)[C@@H](O[C@H]3C[C@@](C)(O)[C@@H](OC(=O)CC)[C@H](C)O3)[C@H](N(C)C)[C@H]2O)[C@H]1OC. The maximum atomic E-state index is 14.2. The predicted octanol–water partition coefficient (Wildman–Crippen LogP) is 5.21. The van der Waals surface area contributed by atoms with Crippen molar-refractivity contribution in [1.82, 2.24) is 9.80 Å². The number of fused-ring (bicyclic) bond motifs is 1. The summed E-state index contributed by atoms with van der Waals surface area (Å²) < 4.78 is 49.9. The average molecular weight is 985 g/mol. The molecule has 0 amide bonds. The number of ether oxygens (including phenoxy) is 8. The first-order valence-electron chi connectivity index (χ1n) is 25.0. The van der Waals surface area contributed by atoms with Gasteiger partial charge in [-0.3, -0.25) is 14.4 Å². The molecule has 0 aliphatic carbocycles. The summed E-state index contributed by atoms with van der Waals surface area (Å²) in [6, 6.07) is 13.5. The second-order valence-electron chi connectivity index (χ2n) is 19.9. The molecule has 3 heterocycles. The van der Waals surface area contributed by atoms with E-state index in [1.165, 1.54) is 7.11 Å². The smallest absolute Gasteiger partial charge is 0.309 e. The Labute approximate surface area is 414 Å². The Kier molecular flexibility index (Phi) is 21.8. The van der Waals surface area contributed by atoms with E-state index in [1.807, 2.05) is 49.2 Å². The molecule has 0 spiro atoms. The van der Waals surface area contributed by atoms with Gasteiger partial charge in [-0.1, -0.05) is 69.3 Å². The van der Waals surface area contributed by atoms with Crippen LogP contribution in [0, 0.1) is 11.8 Å². The molecule has 0 saturated carbocycles. The fourth-order valence-electron chi connectivity index (χ4n) is 10.1. The predicted molar refractivity (Wildman–Crippen MR) is 261 cm³/mol. The van der Waals surface area contributed by atoms with Gasteiger partial charge < -0.3 is 67.8 Å². The van der Waals surface area contributed by atoms with Gasteiger partial charge >= 0.3 is 17.9 Å². The van der Waals surface area contributed by atoms with E-state index in [-0.39, 0.29) is 38.0 Å². The second-order valence-corrected chi connectivity index (χ2v) is 19.9. The van der Waals surface area contributed by atoms with Gasteiger partial charge in [-0.25, -0.2) is 0 Å². The number of likely N-dealkylation sites (N-methyl/N-ethyl adjacent to an activating group) is 2. The molecule has 0 radical (unpaired) electrons. The van der Waals surface area contributed by atoms with Gasteiger partial charge in [-0.15, -0.1) is 0 Å². The van der Waals surface area contributed by atoms with Crippen LogP contribution in [0.1, 0.15) is 105 Å². The Hall–Kier alpha value is -3.88. The zero-order valence-corrected chi connectivity index (χ0v) is 42.8. The molecule has 17 nitrogen and oxygen atoms in total. The number of aliphatic hydroxyl groups excluding tert-OH is 2. The number of nitrogens with zero attached hydrogens (tertiary/aromatic N) is 2. The van der Waals surface area contributed by atoms with E-state index in [0.717, 1.165) is 22.6 Å². The number of β-amino-alcohol motifs (C(OH)–C–C–N with tert-alkyl or cyclic N) is 1. The molecule has 3 N–H and O–H groups in total. The molecule has 3 aliphatic heterocycles. The summed E-state index contributed by atoms with van der Waals surface area (Å²) in [6.45, 7) is 11.1. The van der Waals surface area contributed by atoms with Crippen molar-refractivity contribution in [3.63, 3.8) is 0 Å². The number of aliphatic hydroxyl groups is 3. The first-order chi connectivity index (χ1) is 33.3. The third kappa shape index (κ3) is 15.6. The largest absolute Gasteiger partial charge is 0.462 e. The topological polar surface area (TPSA) is 209 Å². The van der Waals surface area contributed by atoms with E-state index in [9.17, 15) is 34.5 Å². The van der Waals surface area contributed by atoms with Gasteiger partial charge in [0.1, 0.15) is 42.4 Å². The lowest BCUT2D eigenvalue weighted by Crippen LogP contribution is -2.66. The fraction of sp³-hybridized carbons (Fsp3) is 0.698. The molecular weight excluding hydrogens is 905 g/mol. The third-order valence-electron chi connectivity index (χ3n) is 13.9. The molecule has 2 aromatic rings. The highest BCUT2D eigenvalue weighted by Crippen LogP contribution is 2.38. The van der Waals surface area contributed by atoms with Gasteiger partial charge in [0.05, 0.1) is 36.9 Å². The number of hydrogen-bond donors (Lipinski definition) is 3. The molecule has 0 unspecified atom stereocenters. The van der Waals surface area contributed by atoms with Crippen molar-refractivity contribution in [3.8, 4) is 0 Å². The minimum Gasteiger partial charge on any atom is -0.462 e. The maximum absolute atomic E-state index is 14.2. The van der Waals surface area contributed by atoms with Gasteiger partial charge in [-0.2, -0.15) is 0 Å². The summed E-state index contributed by atoms with van der Waals surface area (Å²) in [5.74, 6) is -2.78. The summed E-state index contributed by atoms with van der Waals surface area (Å²) in [6.07, 6.45) is -5.87. The molecule has 3 saturated heterocycles. The van der Waals surface area contributed by atoms with Crippen molar-refractivity contribution in [2.24, 2.45) is 11.8 Å². The number of carbonyl (C=O) groups excluding carboxylic acids is 4. The number of aldehydes is 1. The van der Waals surface area contributed by atoms with E-state index in [2.05, 4.69) is 24.3 Å². The lowest BCUT2D eigenvalue weighted by atomic mass is 9.82. The number of hydrogen-bond acceptors (Lipinski definition) is 17. The number of benzene rings is 2. The van der Waals surface area contributed by atoms with Gasteiger partial charge in [0, 0.05) is 45.8 Å². The molecule has 16 atom stereocenters.